The van der Waals surface area contributed by atoms with Crippen LogP contribution >= 0.6 is 0 Å². The van der Waals surface area contributed by atoms with Crippen molar-refractivity contribution in [1.82, 2.24) is 5.32 Å². The van der Waals surface area contributed by atoms with Crippen LogP contribution in [0.4, 0.5) is 4.39 Å². The molecule has 0 spiro atoms. The van der Waals surface area contributed by atoms with Gasteiger partial charge in [-0.25, -0.2) is 4.39 Å². The molecule has 0 aliphatic rings. The summed E-state index contributed by atoms with van der Waals surface area (Å²) in [7, 11) is 1.67. The highest BCUT2D eigenvalue weighted by Gasteiger charge is 2.07. The summed E-state index contributed by atoms with van der Waals surface area (Å²) in [5.74, 6) is 0.728. The van der Waals surface area contributed by atoms with Gasteiger partial charge in [0, 0.05) is 6.04 Å². The van der Waals surface area contributed by atoms with Gasteiger partial charge in [0.1, 0.15) is 11.6 Å². The molecule has 0 heterocycles. The van der Waals surface area contributed by atoms with Gasteiger partial charge in [-0.2, -0.15) is 0 Å². The van der Waals surface area contributed by atoms with Gasteiger partial charge in [0.05, 0.1) is 7.11 Å². The van der Waals surface area contributed by atoms with Crippen molar-refractivity contribution in [3.63, 3.8) is 0 Å². The van der Waals surface area contributed by atoms with Crippen LogP contribution < -0.4 is 10.1 Å². The summed E-state index contributed by atoms with van der Waals surface area (Å²) in [5.41, 5.74) is 2.92. The summed E-state index contributed by atoms with van der Waals surface area (Å²) in [6, 6.07) is 13.6. The molecule has 0 saturated heterocycles. The Morgan fingerprint density at radius 2 is 1.86 bits per heavy atom. The monoisotopic (exact) mass is 287 g/mol. The molecule has 2 aromatic carbocycles. The Morgan fingerprint density at radius 1 is 1.14 bits per heavy atom. The normalized spacial score (nSPS) is 12.2. The number of aryl methyl sites for hydroxylation is 1. The van der Waals surface area contributed by atoms with Crippen LogP contribution in [0.5, 0.6) is 5.75 Å². The summed E-state index contributed by atoms with van der Waals surface area (Å²) in [4.78, 5) is 0. The summed E-state index contributed by atoms with van der Waals surface area (Å²) in [6.45, 7) is 4.68. The Bertz CT molecular complexity index is 580. The van der Waals surface area contributed by atoms with Crippen LogP contribution in [-0.4, -0.2) is 13.7 Å². The highest BCUT2D eigenvalue weighted by Crippen LogP contribution is 2.16. The molecule has 0 saturated carbocycles. The van der Waals surface area contributed by atoms with Gasteiger partial charge in [-0.05, 0) is 61.7 Å². The zero-order valence-electron chi connectivity index (χ0n) is 12.8. The van der Waals surface area contributed by atoms with Gasteiger partial charge in [0.15, 0.2) is 0 Å². The van der Waals surface area contributed by atoms with E-state index in [0.29, 0.717) is 5.56 Å². The molecule has 0 bridgehead atoms. The van der Waals surface area contributed by atoms with E-state index in [1.807, 2.05) is 24.3 Å². The van der Waals surface area contributed by atoms with E-state index in [-0.39, 0.29) is 11.9 Å². The molecule has 0 aliphatic heterocycles. The van der Waals surface area contributed by atoms with E-state index in [2.05, 4.69) is 24.4 Å². The van der Waals surface area contributed by atoms with E-state index in [9.17, 15) is 4.39 Å². The smallest absolute Gasteiger partial charge is 0.126 e. The van der Waals surface area contributed by atoms with Gasteiger partial charge in [0.2, 0.25) is 0 Å². The number of rotatable bonds is 6. The topological polar surface area (TPSA) is 21.3 Å². The van der Waals surface area contributed by atoms with Crippen molar-refractivity contribution < 1.29 is 9.13 Å². The molecule has 112 valence electrons. The summed E-state index contributed by atoms with van der Waals surface area (Å²) in [5, 5.41) is 3.42. The van der Waals surface area contributed by atoms with Crippen molar-refractivity contribution in [2.45, 2.75) is 26.3 Å². The van der Waals surface area contributed by atoms with Crippen molar-refractivity contribution in [3.05, 3.63) is 65.0 Å². The molecular weight excluding hydrogens is 265 g/mol. The summed E-state index contributed by atoms with van der Waals surface area (Å²) in [6.07, 6.45) is 0.933. The van der Waals surface area contributed by atoms with Gasteiger partial charge >= 0.3 is 0 Å². The van der Waals surface area contributed by atoms with Crippen LogP contribution in [0.25, 0.3) is 0 Å². The maximum absolute atomic E-state index is 13.6. The van der Waals surface area contributed by atoms with E-state index in [0.717, 1.165) is 24.3 Å². The zero-order valence-corrected chi connectivity index (χ0v) is 12.8. The first-order valence-electron chi connectivity index (χ1n) is 7.22. The molecule has 1 unspecified atom stereocenters. The van der Waals surface area contributed by atoms with Crippen molar-refractivity contribution in [2.24, 2.45) is 0 Å². The summed E-state index contributed by atoms with van der Waals surface area (Å²) >= 11 is 0. The van der Waals surface area contributed by atoms with Crippen molar-refractivity contribution in [2.75, 3.05) is 13.7 Å². The molecule has 0 amide bonds. The fourth-order valence-electron chi connectivity index (χ4n) is 2.22. The highest BCUT2D eigenvalue weighted by atomic mass is 19.1. The average molecular weight is 287 g/mol. The Kier molecular flexibility index (Phi) is 5.34. The first kappa shape index (κ1) is 15.5. The van der Waals surface area contributed by atoms with Crippen LogP contribution in [0.3, 0.4) is 0 Å². The first-order valence-corrected chi connectivity index (χ1v) is 7.22. The Morgan fingerprint density at radius 3 is 2.48 bits per heavy atom. The zero-order chi connectivity index (χ0) is 15.2. The average Bonchev–Trinajstić information content (AvgIpc) is 2.50. The Hall–Kier alpha value is -1.87. The van der Waals surface area contributed by atoms with Gasteiger partial charge in [-0.15, -0.1) is 0 Å². The quantitative estimate of drug-likeness (QED) is 0.866. The minimum atomic E-state index is -0.142. The maximum Gasteiger partial charge on any atom is 0.126 e. The number of halogens is 1. The number of hydrogen-bond acceptors (Lipinski definition) is 2. The van der Waals surface area contributed by atoms with Crippen LogP contribution in [0.2, 0.25) is 0 Å². The third kappa shape index (κ3) is 4.30. The molecule has 0 aromatic heterocycles. The SMILES string of the molecule is COc1ccc(CCNC(C)c2ccc(C)c(F)c2)cc1. The number of hydrogen-bond donors (Lipinski definition) is 1. The lowest BCUT2D eigenvalue weighted by molar-refractivity contribution is 0.414. The second-order valence-corrected chi connectivity index (χ2v) is 5.28. The molecule has 1 atom stereocenters. The van der Waals surface area contributed by atoms with Crippen molar-refractivity contribution in [1.29, 1.82) is 0 Å². The minimum absolute atomic E-state index is 0.137. The third-order valence-electron chi connectivity index (χ3n) is 3.72. The Labute approximate surface area is 126 Å². The molecule has 2 aromatic rings. The van der Waals surface area contributed by atoms with Gasteiger partial charge in [-0.3, -0.25) is 0 Å². The highest BCUT2D eigenvalue weighted by molar-refractivity contribution is 5.28. The predicted octanol–water partition coefficient (Wildman–Crippen LogP) is 4.04. The standard InChI is InChI=1S/C18H22FNO/c1-13-4-7-16(12-18(13)19)14(2)20-11-10-15-5-8-17(21-3)9-6-15/h4-9,12,14,20H,10-11H2,1-3H3. The Balaban J connectivity index is 1.85. The molecule has 0 aliphatic carbocycles. The lowest BCUT2D eigenvalue weighted by Gasteiger charge is -2.15. The summed E-state index contributed by atoms with van der Waals surface area (Å²) < 4.78 is 18.7. The molecule has 2 rings (SSSR count). The predicted molar refractivity (Wildman–Crippen MR) is 84.3 cm³/mol. The van der Waals surface area contributed by atoms with Gasteiger partial charge in [0.25, 0.3) is 0 Å². The van der Waals surface area contributed by atoms with Crippen LogP contribution in [0.15, 0.2) is 42.5 Å². The van der Waals surface area contributed by atoms with E-state index in [4.69, 9.17) is 4.74 Å². The number of ether oxygens (including phenoxy) is 1. The van der Waals surface area contributed by atoms with Gasteiger partial charge < -0.3 is 10.1 Å². The number of benzene rings is 2. The third-order valence-corrected chi connectivity index (χ3v) is 3.72. The van der Waals surface area contributed by atoms with E-state index < -0.39 is 0 Å². The van der Waals surface area contributed by atoms with Crippen molar-refractivity contribution >= 4 is 0 Å². The number of methoxy groups -OCH3 is 1. The molecule has 1 N–H and O–H groups in total. The van der Waals surface area contributed by atoms with Gasteiger partial charge in [-0.1, -0.05) is 24.3 Å². The first-order chi connectivity index (χ1) is 10.1. The largest absolute Gasteiger partial charge is 0.497 e. The molecule has 2 nitrogen and oxygen atoms in total. The second kappa shape index (κ2) is 7.23. The van der Waals surface area contributed by atoms with E-state index in [1.165, 1.54) is 5.56 Å². The maximum atomic E-state index is 13.6. The molecule has 0 fully saturated rings. The molecule has 0 radical (unpaired) electrons. The van der Waals surface area contributed by atoms with Crippen molar-refractivity contribution in [3.8, 4) is 5.75 Å². The fraction of sp³-hybridized carbons (Fsp3) is 0.333. The van der Waals surface area contributed by atoms with Crippen LogP contribution in [0.1, 0.15) is 29.7 Å². The fourth-order valence-corrected chi connectivity index (χ4v) is 2.22. The number of nitrogens with one attached hydrogen (secondary N) is 1. The lowest BCUT2D eigenvalue weighted by Crippen LogP contribution is -2.21. The van der Waals surface area contributed by atoms with E-state index in [1.54, 1.807) is 20.1 Å². The molecular formula is C18H22FNO. The van der Waals surface area contributed by atoms with Crippen LogP contribution in [-0.2, 0) is 6.42 Å². The van der Waals surface area contributed by atoms with Crippen LogP contribution in [0, 0.1) is 12.7 Å². The van der Waals surface area contributed by atoms with E-state index >= 15 is 0 Å². The molecule has 21 heavy (non-hydrogen) atoms. The second-order valence-electron chi connectivity index (χ2n) is 5.28. The lowest BCUT2D eigenvalue weighted by atomic mass is 10.1. The molecule has 3 heteroatoms. The minimum Gasteiger partial charge on any atom is -0.497 e.